The Bertz CT molecular complexity index is 3070. The van der Waals surface area contributed by atoms with Crippen molar-refractivity contribution in [3.8, 4) is 0 Å². The number of aliphatic imine (C=N–C) groups is 5. The Morgan fingerprint density at radius 1 is 0.449 bits per heavy atom. The second kappa shape index (κ2) is 34.0. The second-order valence-electron chi connectivity index (χ2n) is 30.5. The molecule has 0 unspecified atom stereocenters. The van der Waals surface area contributed by atoms with E-state index in [0.29, 0.717) is 0 Å². The molecular formula is C78H119N11. The molecule has 0 aromatic carbocycles. The topological polar surface area (TPSA) is 137 Å². The van der Waals surface area contributed by atoms with Crippen LogP contribution >= 0.6 is 0 Å². The van der Waals surface area contributed by atoms with Gasteiger partial charge in [-0.15, -0.1) is 0 Å². The third-order valence-corrected chi connectivity index (χ3v) is 14.3. The quantitative estimate of drug-likeness (QED) is 0.232. The minimum atomic E-state index is 0.147. The maximum absolute atomic E-state index is 4.44. The van der Waals surface area contributed by atoms with Gasteiger partial charge in [-0.05, 0) is 93.7 Å². The molecule has 486 valence electrons. The predicted octanol–water partition coefficient (Wildman–Crippen LogP) is 20.8. The van der Waals surface area contributed by atoms with Crippen LogP contribution in [0, 0.1) is 27.1 Å². The molecule has 11 heteroatoms. The molecule has 89 heavy (non-hydrogen) atoms. The van der Waals surface area contributed by atoms with E-state index in [9.17, 15) is 0 Å². The predicted molar refractivity (Wildman–Crippen MR) is 396 cm³/mol. The number of nitrogens with one attached hydrogen (secondary N) is 2. The molecule has 0 amide bonds. The van der Waals surface area contributed by atoms with Gasteiger partial charge in [0.15, 0.2) is 0 Å². The molecule has 0 bridgehead atoms. The highest BCUT2D eigenvalue weighted by Gasteiger charge is 2.25. The van der Waals surface area contributed by atoms with Gasteiger partial charge in [-0.3, -0.25) is 30.1 Å². The highest BCUT2D eigenvalue weighted by Crippen LogP contribution is 2.33. The number of H-pyrrole nitrogens is 2. The molecule has 0 fully saturated rings. The summed E-state index contributed by atoms with van der Waals surface area (Å²) in [5.41, 5.74) is 17.7. The van der Waals surface area contributed by atoms with E-state index >= 15 is 0 Å². The lowest BCUT2D eigenvalue weighted by atomic mass is 9.84. The van der Waals surface area contributed by atoms with Crippen molar-refractivity contribution in [1.82, 2.24) is 29.7 Å². The van der Waals surface area contributed by atoms with E-state index in [4.69, 9.17) is 0 Å². The monoisotopic (exact) mass is 1210 g/mol. The van der Waals surface area contributed by atoms with Crippen LogP contribution in [0.1, 0.15) is 213 Å². The SMILES string of the molecule is C=CC1=NC(C(C)(C)C)=CC1.C=CC1=NC(C(C)(C)C)=CC1.C=CC1=NCC(C(C)(C)C)=C1.C=CC1=NCC=C1C(C)(C)C.C=CC1=NCC=C1C(C)(C)C.C=Cc1cc(C(C)(C)C)[nH]n1.C=Cc1ncc(C(C)(C)C)[nH]1.C=Cc1ncc(C(C)(C)C)n1C. The van der Waals surface area contributed by atoms with Crippen LogP contribution in [-0.4, -0.2) is 77.9 Å². The smallest absolute Gasteiger partial charge is 0.131 e. The van der Waals surface area contributed by atoms with Crippen molar-refractivity contribution in [3.05, 3.63) is 194 Å². The summed E-state index contributed by atoms with van der Waals surface area (Å²) in [6.07, 6.45) is 30.9. The lowest BCUT2D eigenvalue weighted by Crippen LogP contribution is -2.16. The average molecular weight is 1210 g/mol. The Kier molecular flexibility index (Phi) is 30.4. The molecule has 8 heterocycles. The number of imidazole rings is 2. The van der Waals surface area contributed by atoms with E-state index in [2.05, 4.69) is 304 Å². The van der Waals surface area contributed by atoms with E-state index in [1.54, 1.807) is 24.3 Å². The number of allylic oxidation sites excluding steroid dienone is 12. The zero-order valence-electron chi connectivity index (χ0n) is 60.5. The summed E-state index contributed by atoms with van der Waals surface area (Å²) < 4.78 is 2.08. The molecule has 0 radical (unpaired) electrons. The first-order chi connectivity index (χ1) is 40.8. The van der Waals surface area contributed by atoms with Crippen LogP contribution in [0.3, 0.4) is 0 Å². The molecule has 0 saturated heterocycles. The van der Waals surface area contributed by atoms with Crippen molar-refractivity contribution in [2.75, 3.05) is 19.6 Å². The van der Waals surface area contributed by atoms with Gasteiger partial charge < -0.3 is 9.55 Å². The van der Waals surface area contributed by atoms with Crippen LogP contribution in [0.25, 0.3) is 18.2 Å². The van der Waals surface area contributed by atoms with Gasteiger partial charge >= 0.3 is 0 Å². The molecular weight excluding hydrogens is 1090 g/mol. The largest absolute Gasteiger partial charge is 0.342 e. The lowest BCUT2D eigenvalue weighted by Gasteiger charge is -2.20. The summed E-state index contributed by atoms with van der Waals surface area (Å²) >= 11 is 0. The molecule has 5 aliphatic heterocycles. The van der Waals surface area contributed by atoms with Crippen LogP contribution < -0.4 is 0 Å². The molecule has 3 aromatic heterocycles. The molecule has 11 nitrogen and oxygen atoms in total. The number of aromatic amines is 2. The zero-order valence-corrected chi connectivity index (χ0v) is 60.5. The van der Waals surface area contributed by atoms with Gasteiger partial charge in [0.25, 0.3) is 0 Å². The van der Waals surface area contributed by atoms with Gasteiger partial charge in [-0.2, -0.15) is 5.10 Å². The highest BCUT2D eigenvalue weighted by molar-refractivity contribution is 6.11. The van der Waals surface area contributed by atoms with E-state index in [1.165, 1.54) is 33.8 Å². The van der Waals surface area contributed by atoms with Gasteiger partial charge in [0.05, 0.1) is 42.5 Å². The van der Waals surface area contributed by atoms with Crippen molar-refractivity contribution in [3.63, 3.8) is 0 Å². The van der Waals surface area contributed by atoms with Gasteiger partial charge in [-0.1, -0.05) is 243 Å². The van der Waals surface area contributed by atoms with Gasteiger partial charge in [0.1, 0.15) is 11.6 Å². The summed E-state index contributed by atoms with van der Waals surface area (Å²) in [5.74, 6) is 1.77. The van der Waals surface area contributed by atoms with E-state index < -0.39 is 0 Å². The highest BCUT2D eigenvalue weighted by atomic mass is 15.1. The van der Waals surface area contributed by atoms with Crippen LogP contribution in [0.5, 0.6) is 0 Å². The number of hydrogen-bond donors (Lipinski definition) is 2. The Balaban J connectivity index is 0.000000509. The molecule has 0 atom stereocenters. The third kappa shape index (κ3) is 27.5. The first-order valence-corrected chi connectivity index (χ1v) is 31.2. The van der Waals surface area contributed by atoms with Crippen LogP contribution in [0.4, 0.5) is 0 Å². The minimum Gasteiger partial charge on any atom is -0.342 e. The fraction of sp³-hybridized carbons (Fsp3) is 0.487. The number of aromatic nitrogens is 6. The standard InChI is InChI=1S/C10H16N2.5C10H15N.2C9H14N2/c1-6-9-11-7-8(12(9)5)10(2,3)4;1-5-9-6-8(7-11-9)10(2,3)4;2*1-5-9-8(6-7-11-9)10(2,3)4;2*1-5-8-6-7-9(11-8)10(2,3)4;1-5-8-10-6-7(11-8)9(2,3)4;1-5-7-6-8(11-10-7)9(2,3)4/h6-7H,1H2,2-5H3;3*5-6H,1,7H2,2-4H3;2*5,7H,1,6H2,2-4H3;2*5-6H,1H2,2-4H3,(H,10,11). The molecule has 8 rings (SSSR count). The van der Waals surface area contributed by atoms with E-state index in [0.717, 1.165) is 89.8 Å². The third-order valence-electron chi connectivity index (χ3n) is 14.3. The summed E-state index contributed by atoms with van der Waals surface area (Å²) in [7, 11) is 2.02. The molecule has 0 spiro atoms. The molecule has 5 aliphatic rings. The molecule has 2 N–H and O–H groups in total. The van der Waals surface area contributed by atoms with Crippen molar-refractivity contribution in [1.29, 1.82) is 0 Å². The van der Waals surface area contributed by atoms with Gasteiger partial charge in [0, 0.05) is 99.3 Å². The Morgan fingerprint density at radius 3 is 1.12 bits per heavy atom. The fourth-order valence-electron chi connectivity index (χ4n) is 8.66. The van der Waals surface area contributed by atoms with Crippen LogP contribution in [-0.2, 0) is 23.3 Å². The molecule has 3 aromatic rings. The van der Waals surface area contributed by atoms with Gasteiger partial charge in [-0.25, -0.2) is 9.97 Å². The Labute approximate surface area is 542 Å². The van der Waals surface area contributed by atoms with Crippen LogP contribution in [0.15, 0.2) is 185 Å². The van der Waals surface area contributed by atoms with E-state index in [1.807, 2.05) is 49.8 Å². The summed E-state index contributed by atoms with van der Waals surface area (Å²) in [4.78, 5) is 33.3. The number of hydrogen-bond acceptors (Lipinski definition) is 8. The minimum absolute atomic E-state index is 0.147. The molecule has 0 aliphatic carbocycles. The average Bonchev–Trinajstić information content (AvgIpc) is 2.30. The maximum Gasteiger partial charge on any atom is 0.131 e. The normalized spacial score (nSPS) is 15.4. The number of nitrogens with zero attached hydrogens (tertiary/aromatic N) is 9. The Hall–Kier alpha value is -7.40. The Morgan fingerprint density at radius 2 is 0.910 bits per heavy atom. The summed E-state index contributed by atoms with van der Waals surface area (Å²) in [6.45, 7) is 84.3. The fourth-order valence-corrected chi connectivity index (χ4v) is 8.66. The maximum atomic E-state index is 4.44. The van der Waals surface area contributed by atoms with E-state index in [-0.39, 0.29) is 43.3 Å². The first kappa shape index (κ1) is 79.6. The number of rotatable bonds is 8. The lowest BCUT2D eigenvalue weighted by molar-refractivity contribution is 0.499. The van der Waals surface area contributed by atoms with Crippen molar-refractivity contribution in [2.24, 2.45) is 59.1 Å². The second-order valence-corrected chi connectivity index (χ2v) is 30.5. The van der Waals surface area contributed by atoms with Crippen LogP contribution in [0.2, 0.25) is 0 Å². The van der Waals surface area contributed by atoms with Gasteiger partial charge in [0.2, 0.25) is 0 Å². The summed E-state index contributed by atoms with van der Waals surface area (Å²) in [5, 5.41) is 7.03. The van der Waals surface area contributed by atoms with Crippen molar-refractivity contribution >= 4 is 46.8 Å². The van der Waals surface area contributed by atoms with Crippen molar-refractivity contribution < 1.29 is 0 Å². The molecule has 0 saturated carbocycles. The zero-order chi connectivity index (χ0) is 68.7. The first-order valence-electron chi connectivity index (χ1n) is 31.2. The van der Waals surface area contributed by atoms with Crippen molar-refractivity contribution in [2.45, 2.75) is 195 Å². The summed E-state index contributed by atoms with van der Waals surface area (Å²) in [6, 6.07) is 2.02.